The molecule has 0 spiro atoms. The number of piperidine rings is 1. The normalized spacial score (nSPS) is 13.9. The average molecular weight is 439 g/mol. The van der Waals surface area contributed by atoms with Crippen molar-refractivity contribution in [1.82, 2.24) is 10.2 Å². The standard InChI is InChI=1S/C24H20F3N3O2/c1-31-24-20(26)10-7-16(23(24)27)6-8-17-9-11-22(29-28-17)30-14-12-18(13-15-30)32-21-5-3-2-4-19(21)25/h2-5,7,9-11,18H,12-15H2,1H3. The highest BCUT2D eigenvalue weighted by molar-refractivity contribution is 5.46. The minimum absolute atomic E-state index is 0.00560. The van der Waals surface area contributed by atoms with E-state index in [1.807, 2.05) is 0 Å². The fraction of sp³-hybridized carbons (Fsp3) is 0.250. The van der Waals surface area contributed by atoms with Crippen LogP contribution in [0.25, 0.3) is 0 Å². The van der Waals surface area contributed by atoms with Crippen LogP contribution in [0.2, 0.25) is 0 Å². The summed E-state index contributed by atoms with van der Waals surface area (Å²) in [7, 11) is 1.19. The van der Waals surface area contributed by atoms with E-state index in [9.17, 15) is 13.2 Å². The van der Waals surface area contributed by atoms with Crippen molar-refractivity contribution in [2.45, 2.75) is 18.9 Å². The number of nitrogens with zero attached hydrogens (tertiary/aromatic N) is 3. The molecular weight excluding hydrogens is 419 g/mol. The van der Waals surface area contributed by atoms with Gasteiger partial charge in [-0.2, -0.15) is 0 Å². The zero-order valence-electron chi connectivity index (χ0n) is 17.3. The van der Waals surface area contributed by atoms with Crippen LogP contribution >= 0.6 is 0 Å². The molecule has 1 fully saturated rings. The maximum absolute atomic E-state index is 14.2. The van der Waals surface area contributed by atoms with Gasteiger partial charge in [0.2, 0.25) is 0 Å². The van der Waals surface area contributed by atoms with Crippen molar-refractivity contribution in [3.05, 3.63) is 77.2 Å². The second kappa shape index (κ2) is 9.60. The van der Waals surface area contributed by atoms with Gasteiger partial charge >= 0.3 is 0 Å². The summed E-state index contributed by atoms with van der Waals surface area (Å²) in [5, 5.41) is 8.29. The Morgan fingerprint density at radius 2 is 1.69 bits per heavy atom. The van der Waals surface area contributed by atoms with Crippen molar-refractivity contribution >= 4 is 5.82 Å². The number of rotatable bonds is 4. The molecule has 8 heteroatoms. The molecule has 1 saturated heterocycles. The second-order valence-electron chi connectivity index (χ2n) is 7.20. The summed E-state index contributed by atoms with van der Waals surface area (Å²) in [6.07, 6.45) is 1.39. The molecule has 4 rings (SSSR count). The van der Waals surface area contributed by atoms with Gasteiger partial charge in [0.1, 0.15) is 11.8 Å². The van der Waals surface area contributed by atoms with E-state index in [2.05, 4.69) is 26.9 Å². The molecule has 0 atom stereocenters. The Balaban J connectivity index is 1.37. The molecule has 1 aromatic heterocycles. The van der Waals surface area contributed by atoms with Gasteiger partial charge in [-0.3, -0.25) is 0 Å². The van der Waals surface area contributed by atoms with E-state index in [4.69, 9.17) is 9.47 Å². The van der Waals surface area contributed by atoms with Crippen molar-refractivity contribution in [3.63, 3.8) is 0 Å². The molecule has 2 heterocycles. The third-order valence-electron chi connectivity index (χ3n) is 5.13. The first-order valence-electron chi connectivity index (χ1n) is 10.1. The quantitative estimate of drug-likeness (QED) is 0.566. The maximum Gasteiger partial charge on any atom is 0.191 e. The molecule has 0 radical (unpaired) electrons. The van der Waals surface area contributed by atoms with E-state index < -0.39 is 17.4 Å². The first-order chi connectivity index (χ1) is 15.5. The van der Waals surface area contributed by atoms with Gasteiger partial charge in [0, 0.05) is 25.9 Å². The summed E-state index contributed by atoms with van der Waals surface area (Å²) in [5.74, 6) is 3.83. The van der Waals surface area contributed by atoms with Gasteiger partial charge in [0.05, 0.1) is 12.7 Å². The van der Waals surface area contributed by atoms with Crippen LogP contribution in [0.3, 0.4) is 0 Å². The lowest BCUT2D eigenvalue weighted by Gasteiger charge is -2.32. The number of para-hydroxylation sites is 1. The molecule has 3 aromatic rings. The lowest BCUT2D eigenvalue weighted by molar-refractivity contribution is 0.163. The fourth-order valence-electron chi connectivity index (χ4n) is 3.43. The number of methoxy groups -OCH3 is 1. The second-order valence-corrected chi connectivity index (χ2v) is 7.20. The number of benzene rings is 2. The van der Waals surface area contributed by atoms with E-state index in [1.54, 1.807) is 30.3 Å². The zero-order chi connectivity index (χ0) is 22.5. The predicted molar refractivity (Wildman–Crippen MR) is 113 cm³/mol. The van der Waals surface area contributed by atoms with Crippen LogP contribution in [0.15, 0.2) is 48.5 Å². The number of halogens is 3. The lowest BCUT2D eigenvalue weighted by atomic mass is 10.1. The number of hydrogen-bond donors (Lipinski definition) is 0. The minimum Gasteiger partial charge on any atom is -0.491 e. The molecule has 1 aliphatic heterocycles. The van der Waals surface area contributed by atoms with Gasteiger partial charge in [-0.25, -0.2) is 13.2 Å². The highest BCUT2D eigenvalue weighted by Gasteiger charge is 2.22. The van der Waals surface area contributed by atoms with Gasteiger partial charge in [-0.15, -0.1) is 10.2 Å². The third-order valence-corrected chi connectivity index (χ3v) is 5.13. The Labute approximate surface area is 183 Å². The highest BCUT2D eigenvalue weighted by Crippen LogP contribution is 2.25. The molecule has 0 amide bonds. The van der Waals surface area contributed by atoms with E-state index in [-0.39, 0.29) is 23.2 Å². The maximum atomic E-state index is 14.2. The third kappa shape index (κ3) is 4.78. The van der Waals surface area contributed by atoms with Crippen LogP contribution in [0.5, 0.6) is 11.5 Å². The van der Waals surface area contributed by atoms with Crippen molar-refractivity contribution in [2.24, 2.45) is 0 Å². The molecule has 0 saturated carbocycles. The largest absolute Gasteiger partial charge is 0.491 e. The summed E-state index contributed by atoms with van der Waals surface area (Å²) in [6.45, 7) is 1.39. The summed E-state index contributed by atoms with van der Waals surface area (Å²) < 4.78 is 52.0. The highest BCUT2D eigenvalue weighted by atomic mass is 19.1. The topological polar surface area (TPSA) is 47.5 Å². The van der Waals surface area contributed by atoms with Gasteiger partial charge < -0.3 is 14.4 Å². The Bertz CT molecular complexity index is 1150. The van der Waals surface area contributed by atoms with Crippen LogP contribution in [-0.2, 0) is 0 Å². The molecule has 32 heavy (non-hydrogen) atoms. The first kappa shape index (κ1) is 21.5. The molecular formula is C24H20F3N3O2. The van der Waals surface area contributed by atoms with E-state index in [0.717, 1.165) is 18.9 Å². The Kier molecular flexibility index (Phi) is 6.45. The smallest absolute Gasteiger partial charge is 0.191 e. The number of anilines is 1. The Hall–Kier alpha value is -3.73. The van der Waals surface area contributed by atoms with E-state index in [0.29, 0.717) is 24.6 Å². The molecule has 0 bridgehead atoms. The van der Waals surface area contributed by atoms with Gasteiger partial charge in [-0.05, 0) is 42.3 Å². The lowest BCUT2D eigenvalue weighted by Crippen LogP contribution is -2.38. The zero-order valence-corrected chi connectivity index (χ0v) is 17.3. The van der Waals surface area contributed by atoms with Crippen LogP contribution in [0.1, 0.15) is 24.1 Å². The SMILES string of the molecule is COc1c(F)ccc(C#Cc2ccc(N3CCC(Oc4ccccc4F)CC3)nn2)c1F. The van der Waals surface area contributed by atoms with Crippen LogP contribution in [0.4, 0.5) is 19.0 Å². The molecule has 5 nitrogen and oxygen atoms in total. The van der Waals surface area contributed by atoms with Gasteiger partial charge in [0.15, 0.2) is 34.8 Å². The minimum atomic E-state index is -0.856. The molecule has 1 aliphatic rings. The summed E-state index contributed by atoms with van der Waals surface area (Å²) in [4.78, 5) is 2.07. The average Bonchev–Trinajstić information content (AvgIpc) is 2.81. The van der Waals surface area contributed by atoms with Gasteiger partial charge in [0.25, 0.3) is 0 Å². The van der Waals surface area contributed by atoms with Crippen LogP contribution in [-0.4, -0.2) is 36.5 Å². The monoisotopic (exact) mass is 439 g/mol. The summed E-state index contributed by atoms with van der Waals surface area (Å²) in [6, 6.07) is 12.2. The van der Waals surface area contributed by atoms with Crippen molar-refractivity contribution in [2.75, 3.05) is 25.1 Å². The molecule has 0 aliphatic carbocycles. The molecule has 0 N–H and O–H groups in total. The Morgan fingerprint density at radius 1 is 0.906 bits per heavy atom. The summed E-state index contributed by atoms with van der Waals surface area (Å²) >= 11 is 0. The molecule has 0 unspecified atom stereocenters. The summed E-state index contributed by atoms with van der Waals surface area (Å²) in [5.41, 5.74) is 0.361. The van der Waals surface area contributed by atoms with Crippen molar-refractivity contribution in [1.29, 1.82) is 0 Å². The van der Waals surface area contributed by atoms with Crippen LogP contribution in [0, 0.1) is 29.3 Å². The molecule has 2 aromatic carbocycles. The van der Waals surface area contributed by atoms with Crippen molar-refractivity contribution in [3.8, 4) is 23.3 Å². The van der Waals surface area contributed by atoms with Crippen molar-refractivity contribution < 1.29 is 22.6 Å². The predicted octanol–water partition coefficient (Wildman–Crippen LogP) is 4.35. The number of hydrogen-bond acceptors (Lipinski definition) is 5. The fourth-order valence-corrected chi connectivity index (χ4v) is 3.43. The Morgan fingerprint density at radius 3 is 2.38 bits per heavy atom. The molecule has 164 valence electrons. The number of aromatic nitrogens is 2. The van der Waals surface area contributed by atoms with Gasteiger partial charge in [-0.1, -0.05) is 18.1 Å². The van der Waals surface area contributed by atoms with E-state index >= 15 is 0 Å². The number of ether oxygens (including phenoxy) is 2. The first-order valence-corrected chi connectivity index (χ1v) is 10.1. The van der Waals surface area contributed by atoms with E-state index in [1.165, 1.54) is 19.2 Å². The van der Waals surface area contributed by atoms with Crippen LogP contribution < -0.4 is 14.4 Å².